The Morgan fingerprint density at radius 2 is 1.30 bits per heavy atom. The van der Waals surface area contributed by atoms with Crippen LogP contribution >= 0.6 is 22.7 Å². The first-order chi connectivity index (χ1) is 14.7. The van der Waals surface area contributed by atoms with E-state index in [-0.39, 0.29) is 18.3 Å². The summed E-state index contributed by atoms with van der Waals surface area (Å²) in [6.45, 7) is 7.32. The zero-order chi connectivity index (χ0) is 20.9. The highest BCUT2D eigenvalue weighted by molar-refractivity contribution is 7.21. The third-order valence-corrected chi connectivity index (χ3v) is 7.91. The molecule has 0 N–H and O–H groups in total. The Kier molecular flexibility index (Phi) is 7.47. The second-order valence-electron chi connectivity index (χ2n) is 8.31. The Morgan fingerprint density at radius 3 is 1.97 bits per heavy atom. The molecular weight excluding hydrogens is 416 g/mol. The van der Waals surface area contributed by atoms with Gasteiger partial charge in [0.25, 0.3) is 0 Å². The summed E-state index contributed by atoms with van der Waals surface area (Å²) in [5.74, 6) is 3.55. The number of ether oxygens (including phenoxy) is 4. The molecule has 0 amide bonds. The highest BCUT2D eigenvalue weighted by atomic mass is 32.1. The summed E-state index contributed by atoms with van der Waals surface area (Å²) in [5, 5.41) is 4.17. The second kappa shape index (κ2) is 10.3. The minimum atomic E-state index is 0.127. The fourth-order valence-electron chi connectivity index (χ4n) is 4.10. The molecular formula is C24H34O4S2. The molecule has 0 aromatic carbocycles. The lowest BCUT2D eigenvalue weighted by Gasteiger charge is -2.33. The zero-order valence-corrected chi connectivity index (χ0v) is 20.0. The molecule has 0 fully saturated rings. The van der Waals surface area contributed by atoms with Crippen LogP contribution in [-0.4, -0.2) is 24.9 Å². The molecule has 2 aromatic heterocycles. The van der Waals surface area contributed by atoms with Crippen molar-refractivity contribution in [3.8, 4) is 32.8 Å². The van der Waals surface area contributed by atoms with Crippen LogP contribution in [0.2, 0.25) is 0 Å². The SMILES string of the molecule is CCCCC1COc2csc(-c3scc4c3OC(CCCC)C(CCCC)O4)c2O1. The van der Waals surface area contributed by atoms with Crippen molar-refractivity contribution >= 4 is 22.7 Å². The minimum absolute atomic E-state index is 0.127. The number of rotatable bonds is 10. The lowest BCUT2D eigenvalue weighted by Crippen LogP contribution is -2.39. The van der Waals surface area contributed by atoms with E-state index in [0.29, 0.717) is 6.61 Å². The third kappa shape index (κ3) is 4.59. The van der Waals surface area contributed by atoms with E-state index in [1.165, 1.54) is 25.7 Å². The molecule has 0 bridgehead atoms. The van der Waals surface area contributed by atoms with Gasteiger partial charge in [-0.25, -0.2) is 0 Å². The number of thiophene rings is 2. The summed E-state index contributed by atoms with van der Waals surface area (Å²) in [7, 11) is 0. The Morgan fingerprint density at radius 1 is 0.733 bits per heavy atom. The molecule has 3 atom stereocenters. The van der Waals surface area contributed by atoms with Crippen LogP contribution in [0.5, 0.6) is 23.0 Å². The fourth-order valence-corrected chi connectivity index (χ4v) is 6.09. The van der Waals surface area contributed by atoms with E-state index in [1.54, 1.807) is 22.7 Å². The molecule has 6 heteroatoms. The van der Waals surface area contributed by atoms with Crippen molar-refractivity contribution in [2.75, 3.05) is 6.61 Å². The average Bonchev–Trinajstić information content (AvgIpc) is 3.37. The van der Waals surface area contributed by atoms with Crippen LogP contribution in [0.1, 0.15) is 78.6 Å². The number of unbranched alkanes of at least 4 members (excludes halogenated alkanes) is 3. The molecule has 0 saturated carbocycles. The van der Waals surface area contributed by atoms with Crippen LogP contribution < -0.4 is 18.9 Å². The average molecular weight is 451 g/mol. The standard InChI is InChI=1S/C24H34O4S2/c1-4-7-10-16-13-25-19-14-29-23(21(19)26-16)24-22-20(15-30-24)27-17(11-8-5-2)18(28-22)12-9-6-3/h14-18H,4-13H2,1-3H3. The van der Waals surface area contributed by atoms with Gasteiger partial charge in [-0.3, -0.25) is 0 Å². The van der Waals surface area contributed by atoms with Gasteiger partial charge in [0.15, 0.2) is 23.0 Å². The van der Waals surface area contributed by atoms with Crippen molar-refractivity contribution in [1.29, 1.82) is 0 Å². The van der Waals surface area contributed by atoms with E-state index < -0.39 is 0 Å². The summed E-state index contributed by atoms with van der Waals surface area (Å²) in [6.07, 6.45) is 10.6. The molecule has 0 saturated heterocycles. The van der Waals surface area contributed by atoms with E-state index in [4.69, 9.17) is 18.9 Å². The Bertz CT molecular complexity index is 812. The first kappa shape index (κ1) is 21.8. The van der Waals surface area contributed by atoms with Crippen molar-refractivity contribution in [2.24, 2.45) is 0 Å². The van der Waals surface area contributed by atoms with Crippen LogP contribution in [0.3, 0.4) is 0 Å². The molecule has 30 heavy (non-hydrogen) atoms. The van der Waals surface area contributed by atoms with Crippen molar-refractivity contribution in [3.63, 3.8) is 0 Å². The maximum atomic E-state index is 6.62. The highest BCUT2D eigenvalue weighted by Gasteiger charge is 2.36. The molecule has 0 radical (unpaired) electrons. The van der Waals surface area contributed by atoms with Gasteiger partial charge in [0.1, 0.15) is 24.9 Å². The van der Waals surface area contributed by atoms with E-state index in [9.17, 15) is 0 Å². The van der Waals surface area contributed by atoms with Crippen molar-refractivity contribution in [1.82, 2.24) is 0 Å². The maximum absolute atomic E-state index is 6.62. The molecule has 2 aliphatic heterocycles. The van der Waals surface area contributed by atoms with Crippen LogP contribution in [-0.2, 0) is 0 Å². The smallest absolute Gasteiger partial charge is 0.181 e. The third-order valence-electron chi connectivity index (χ3n) is 5.87. The monoisotopic (exact) mass is 450 g/mol. The zero-order valence-electron chi connectivity index (χ0n) is 18.4. The molecule has 3 unspecified atom stereocenters. The van der Waals surface area contributed by atoms with Crippen LogP contribution in [0.4, 0.5) is 0 Å². The predicted molar refractivity (Wildman–Crippen MR) is 125 cm³/mol. The van der Waals surface area contributed by atoms with Crippen molar-refractivity contribution < 1.29 is 18.9 Å². The first-order valence-electron chi connectivity index (χ1n) is 11.6. The van der Waals surface area contributed by atoms with Crippen molar-refractivity contribution in [3.05, 3.63) is 10.8 Å². The van der Waals surface area contributed by atoms with Gasteiger partial charge in [-0.1, -0.05) is 40.0 Å². The molecule has 4 rings (SSSR count). The fraction of sp³-hybridized carbons (Fsp3) is 0.667. The molecule has 0 spiro atoms. The summed E-state index contributed by atoms with van der Waals surface area (Å²) in [5.41, 5.74) is 0. The van der Waals surface area contributed by atoms with Gasteiger partial charge >= 0.3 is 0 Å². The number of hydrogen-bond acceptors (Lipinski definition) is 6. The van der Waals surface area contributed by atoms with E-state index in [2.05, 4.69) is 31.5 Å². The largest absolute Gasteiger partial charge is 0.485 e. The highest BCUT2D eigenvalue weighted by Crippen LogP contribution is 2.55. The van der Waals surface area contributed by atoms with Gasteiger partial charge in [-0.15, -0.1) is 22.7 Å². The molecule has 4 heterocycles. The van der Waals surface area contributed by atoms with Gasteiger partial charge in [0.2, 0.25) is 0 Å². The van der Waals surface area contributed by atoms with Crippen LogP contribution in [0.15, 0.2) is 10.8 Å². The molecule has 4 nitrogen and oxygen atoms in total. The summed E-state index contributed by atoms with van der Waals surface area (Å²) in [4.78, 5) is 2.23. The second-order valence-corrected chi connectivity index (χ2v) is 10.1. The van der Waals surface area contributed by atoms with Gasteiger partial charge in [0.05, 0.1) is 9.75 Å². The quantitative estimate of drug-likeness (QED) is 0.372. The lowest BCUT2D eigenvalue weighted by atomic mass is 10.0. The first-order valence-corrected chi connectivity index (χ1v) is 13.4. The predicted octanol–water partition coefficient (Wildman–Crippen LogP) is 7.70. The van der Waals surface area contributed by atoms with Gasteiger partial charge in [-0.05, 0) is 38.5 Å². The summed E-state index contributed by atoms with van der Waals surface area (Å²) < 4.78 is 25.5. The van der Waals surface area contributed by atoms with Gasteiger partial charge < -0.3 is 18.9 Å². The summed E-state index contributed by atoms with van der Waals surface area (Å²) in [6, 6.07) is 0. The molecule has 2 aromatic rings. The lowest BCUT2D eigenvalue weighted by molar-refractivity contribution is 0.0108. The number of hydrogen-bond donors (Lipinski definition) is 0. The minimum Gasteiger partial charge on any atom is -0.485 e. The maximum Gasteiger partial charge on any atom is 0.181 e. The van der Waals surface area contributed by atoms with E-state index in [0.717, 1.165) is 64.9 Å². The Hall–Kier alpha value is -1.40. The molecule has 0 aliphatic carbocycles. The summed E-state index contributed by atoms with van der Waals surface area (Å²) >= 11 is 3.37. The Labute approximate surface area is 188 Å². The topological polar surface area (TPSA) is 36.9 Å². The van der Waals surface area contributed by atoms with Gasteiger partial charge in [0, 0.05) is 10.8 Å². The van der Waals surface area contributed by atoms with Crippen LogP contribution in [0, 0.1) is 0 Å². The Balaban J connectivity index is 1.57. The molecule has 166 valence electrons. The van der Waals surface area contributed by atoms with Gasteiger partial charge in [-0.2, -0.15) is 0 Å². The van der Waals surface area contributed by atoms with Crippen molar-refractivity contribution in [2.45, 2.75) is 96.9 Å². The number of fused-ring (bicyclic) bond motifs is 2. The van der Waals surface area contributed by atoms with Crippen LogP contribution in [0.25, 0.3) is 9.75 Å². The van der Waals surface area contributed by atoms with E-state index >= 15 is 0 Å². The normalized spacial score (nSPS) is 22.3. The van der Waals surface area contributed by atoms with E-state index in [1.807, 2.05) is 0 Å². The molecule has 2 aliphatic rings.